The van der Waals surface area contributed by atoms with Crippen LogP contribution in [0, 0.1) is 0 Å². The van der Waals surface area contributed by atoms with Crippen LogP contribution in [0.2, 0.25) is 5.15 Å². The first kappa shape index (κ1) is 11.0. The van der Waals surface area contributed by atoms with Crippen LogP contribution in [0.15, 0.2) is 45.8 Å². The minimum atomic E-state index is 0.402. The largest absolute Gasteiger partial charge is 0.229 e. The van der Waals surface area contributed by atoms with Crippen LogP contribution in [-0.2, 0) is 0 Å². The van der Waals surface area contributed by atoms with Crippen molar-refractivity contribution in [2.24, 2.45) is 0 Å². The van der Waals surface area contributed by atoms with Crippen molar-refractivity contribution in [1.29, 1.82) is 0 Å². The average molecular weight is 280 g/mol. The number of hydrogen-bond donors (Lipinski definition) is 0. The van der Waals surface area contributed by atoms with Crippen LogP contribution in [-0.4, -0.2) is 15.2 Å². The molecule has 2 heterocycles. The third-order valence-corrected chi connectivity index (χ3v) is 4.30. The second-order valence-corrected chi connectivity index (χ2v) is 5.93. The summed E-state index contributed by atoms with van der Waals surface area (Å²) in [5.74, 6) is 0. The van der Waals surface area contributed by atoms with Gasteiger partial charge in [-0.15, -0.1) is 21.5 Å². The molecule has 84 valence electrons. The highest BCUT2D eigenvalue weighted by Crippen LogP contribution is 2.33. The second-order valence-electron chi connectivity index (χ2n) is 3.24. The molecule has 0 aliphatic rings. The summed E-state index contributed by atoms with van der Waals surface area (Å²) in [5.41, 5.74) is 1.02. The lowest BCUT2D eigenvalue weighted by molar-refractivity contribution is 0.929. The van der Waals surface area contributed by atoms with Crippen molar-refractivity contribution < 1.29 is 0 Å². The summed E-state index contributed by atoms with van der Waals surface area (Å²) in [7, 11) is 0. The Hall–Kier alpha value is -1.17. The van der Waals surface area contributed by atoms with Crippen molar-refractivity contribution in [3.63, 3.8) is 0 Å². The van der Waals surface area contributed by atoms with Crippen LogP contribution in [0.3, 0.4) is 0 Å². The summed E-state index contributed by atoms with van der Waals surface area (Å²) in [4.78, 5) is 4.51. The quantitative estimate of drug-likeness (QED) is 0.713. The Kier molecular flexibility index (Phi) is 2.96. The van der Waals surface area contributed by atoms with E-state index in [4.69, 9.17) is 11.6 Å². The summed E-state index contributed by atoms with van der Waals surface area (Å²) in [5, 5.41) is 8.99. The Bertz CT molecular complexity index is 618. The molecular weight excluding hydrogens is 274 g/mol. The smallest absolute Gasteiger partial charge is 0.157 e. The van der Waals surface area contributed by atoms with Gasteiger partial charge in [0.25, 0.3) is 0 Å². The van der Waals surface area contributed by atoms with Crippen molar-refractivity contribution in [2.75, 3.05) is 0 Å². The predicted molar refractivity (Wildman–Crippen MR) is 70.8 cm³/mol. The van der Waals surface area contributed by atoms with Gasteiger partial charge >= 0.3 is 0 Å². The van der Waals surface area contributed by atoms with E-state index >= 15 is 0 Å². The lowest BCUT2D eigenvalue weighted by atomic mass is 10.3. The fourth-order valence-corrected chi connectivity index (χ4v) is 3.37. The summed E-state index contributed by atoms with van der Waals surface area (Å²) in [6.45, 7) is 0. The maximum Gasteiger partial charge on any atom is 0.157 e. The lowest BCUT2D eigenvalue weighted by Crippen LogP contribution is -1.83. The number of fused-ring (bicyclic) bond motifs is 1. The molecule has 0 bridgehead atoms. The van der Waals surface area contributed by atoms with Crippen LogP contribution in [0.25, 0.3) is 10.2 Å². The molecule has 3 rings (SSSR count). The molecule has 3 nitrogen and oxygen atoms in total. The number of halogens is 1. The Balaban J connectivity index is 1.92. The van der Waals surface area contributed by atoms with Gasteiger partial charge in [-0.05, 0) is 36.0 Å². The zero-order valence-electron chi connectivity index (χ0n) is 8.50. The van der Waals surface area contributed by atoms with E-state index in [1.807, 2.05) is 24.3 Å². The molecule has 3 aromatic rings. The number of aromatic nitrogens is 3. The van der Waals surface area contributed by atoms with E-state index in [1.54, 1.807) is 17.4 Å². The van der Waals surface area contributed by atoms with Gasteiger partial charge in [0.2, 0.25) is 0 Å². The van der Waals surface area contributed by atoms with Gasteiger partial charge in [-0.3, -0.25) is 0 Å². The Labute approximate surface area is 111 Å². The summed E-state index contributed by atoms with van der Waals surface area (Å²) in [6.07, 6.45) is 0. The Morgan fingerprint density at radius 2 is 1.94 bits per heavy atom. The van der Waals surface area contributed by atoms with E-state index in [-0.39, 0.29) is 0 Å². The van der Waals surface area contributed by atoms with Crippen molar-refractivity contribution in [3.8, 4) is 0 Å². The summed E-state index contributed by atoms with van der Waals surface area (Å²) < 4.78 is 2.14. The van der Waals surface area contributed by atoms with E-state index in [0.29, 0.717) is 5.15 Å². The first-order chi connectivity index (χ1) is 8.31. The molecule has 0 spiro atoms. The topological polar surface area (TPSA) is 38.7 Å². The fourth-order valence-electron chi connectivity index (χ4n) is 1.34. The number of benzene rings is 1. The normalized spacial score (nSPS) is 10.9. The van der Waals surface area contributed by atoms with Gasteiger partial charge in [0.05, 0.1) is 10.2 Å². The van der Waals surface area contributed by atoms with Gasteiger partial charge in [0, 0.05) is 0 Å². The molecule has 0 fully saturated rings. The minimum absolute atomic E-state index is 0.402. The Morgan fingerprint density at radius 3 is 2.71 bits per heavy atom. The van der Waals surface area contributed by atoms with Crippen molar-refractivity contribution in [1.82, 2.24) is 15.2 Å². The van der Waals surface area contributed by atoms with Gasteiger partial charge in [-0.2, -0.15) is 0 Å². The predicted octanol–water partition coefficient (Wildman–Crippen LogP) is 3.89. The maximum atomic E-state index is 5.68. The lowest BCUT2D eigenvalue weighted by Gasteiger charge is -1.94. The molecule has 0 atom stereocenters. The highest BCUT2D eigenvalue weighted by Gasteiger charge is 2.06. The van der Waals surface area contributed by atoms with Gasteiger partial charge in [-0.1, -0.05) is 23.7 Å². The van der Waals surface area contributed by atoms with Crippen LogP contribution < -0.4 is 0 Å². The van der Waals surface area contributed by atoms with E-state index in [0.717, 1.165) is 14.9 Å². The van der Waals surface area contributed by atoms with Gasteiger partial charge in [-0.25, -0.2) is 4.98 Å². The first-order valence-corrected chi connectivity index (χ1v) is 6.85. The highest BCUT2D eigenvalue weighted by molar-refractivity contribution is 8.01. The molecule has 0 saturated carbocycles. The summed E-state index contributed by atoms with van der Waals surface area (Å²) >= 11 is 8.83. The molecule has 1 aromatic carbocycles. The monoisotopic (exact) mass is 279 g/mol. The van der Waals surface area contributed by atoms with E-state index in [2.05, 4.69) is 21.2 Å². The molecule has 2 aromatic heterocycles. The minimum Gasteiger partial charge on any atom is -0.229 e. The molecule has 0 aliphatic carbocycles. The number of para-hydroxylation sites is 1. The Morgan fingerprint density at radius 1 is 1.06 bits per heavy atom. The molecule has 0 amide bonds. The van der Waals surface area contributed by atoms with Crippen molar-refractivity contribution >= 4 is 44.9 Å². The fraction of sp³-hybridized carbons (Fsp3) is 0. The standard InChI is InChI=1S/C11H6ClN3S2/c12-9-5-6-10(15-14-9)17-11-13-7-3-1-2-4-8(7)16-11/h1-6H. The van der Waals surface area contributed by atoms with E-state index in [1.165, 1.54) is 16.5 Å². The van der Waals surface area contributed by atoms with Crippen LogP contribution in [0.4, 0.5) is 0 Å². The van der Waals surface area contributed by atoms with Crippen LogP contribution >= 0.6 is 34.7 Å². The number of thiazole rings is 1. The molecule has 0 saturated heterocycles. The van der Waals surface area contributed by atoms with Crippen molar-refractivity contribution in [2.45, 2.75) is 9.37 Å². The second kappa shape index (κ2) is 4.60. The third-order valence-electron chi connectivity index (χ3n) is 2.07. The molecular formula is C11H6ClN3S2. The number of nitrogens with zero attached hydrogens (tertiary/aromatic N) is 3. The highest BCUT2D eigenvalue weighted by atomic mass is 35.5. The van der Waals surface area contributed by atoms with Crippen molar-refractivity contribution in [3.05, 3.63) is 41.6 Å². The molecule has 0 radical (unpaired) electrons. The first-order valence-electron chi connectivity index (χ1n) is 4.84. The number of hydrogen-bond acceptors (Lipinski definition) is 5. The molecule has 0 unspecified atom stereocenters. The molecule has 0 aliphatic heterocycles. The van der Waals surface area contributed by atoms with E-state index < -0.39 is 0 Å². The zero-order chi connectivity index (χ0) is 11.7. The third kappa shape index (κ3) is 2.41. The molecule has 0 N–H and O–H groups in total. The SMILES string of the molecule is Clc1ccc(Sc2nc3ccccc3s2)nn1. The molecule has 17 heavy (non-hydrogen) atoms. The molecule has 6 heteroatoms. The van der Waals surface area contributed by atoms with E-state index in [9.17, 15) is 0 Å². The zero-order valence-corrected chi connectivity index (χ0v) is 10.9. The average Bonchev–Trinajstić information content (AvgIpc) is 2.74. The maximum absolute atomic E-state index is 5.68. The number of rotatable bonds is 2. The van der Waals surface area contributed by atoms with Gasteiger partial charge in [0.15, 0.2) is 9.49 Å². The summed E-state index contributed by atoms with van der Waals surface area (Å²) in [6, 6.07) is 11.6. The van der Waals surface area contributed by atoms with Gasteiger partial charge < -0.3 is 0 Å². The van der Waals surface area contributed by atoms with Crippen LogP contribution in [0.5, 0.6) is 0 Å². The van der Waals surface area contributed by atoms with Gasteiger partial charge in [0.1, 0.15) is 5.03 Å². The van der Waals surface area contributed by atoms with Crippen LogP contribution in [0.1, 0.15) is 0 Å².